The molecule has 2 N–H and O–H groups in total. The average Bonchev–Trinajstić information content (AvgIpc) is 2.49. The Kier molecular flexibility index (Phi) is 4.57. The van der Waals surface area contributed by atoms with Crippen molar-refractivity contribution in [1.82, 2.24) is 14.9 Å². The minimum Gasteiger partial charge on any atom is -0.399 e. The molecule has 2 aromatic rings. The third-order valence-corrected chi connectivity index (χ3v) is 3.87. The van der Waals surface area contributed by atoms with Gasteiger partial charge in [-0.3, -0.25) is 14.9 Å². The molecule has 3 heterocycles. The van der Waals surface area contributed by atoms with Crippen LogP contribution in [-0.2, 0) is 11.3 Å². The second-order valence-electron chi connectivity index (χ2n) is 5.53. The van der Waals surface area contributed by atoms with E-state index >= 15 is 0 Å². The van der Waals surface area contributed by atoms with Crippen molar-refractivity contribution in [2.24, 2.45) is 0 Å². The van der Waals surface area contributed by atoms with Crippen molar-refractivity contribution in [3.8, 4) is 0 Å². The number of pyridine rings is 2. The molecule has 1 fully saturated rings. The van der Waals surface area contributed by atoms with E-state index in [4.69, 9.17) is 22.1 Å². The van der Waals surface area contributed by atoms with E-state index in [0.29, 0.717) is 11.6 Å². The first-order valence-electron chi connectivity index (χ1n) is 7.28. The second kappa shape index (κ2) is 6.60. The fourth-order valence-electron chi connectivity index (χ4n) is 2.64. The number of anilines is 1. The summed E-state index contributed by atoms with van der Waals surface area (Å²) in [7, 11) is 0. The SMILES string of the molecule is Cc1cc(N)cc(C2CN(Cc3ccc(Cl)cn3)CCO2)n1. The van der Waals surface area contributed by atoms with Crippen LogP contribution in [0.2, 0.25) is 5.02 Å². The number of morpholine rings is 1. The molecule has 0 radical (unpaired) electrons. The maximum absolute atomic E-state index is 5.91. The van der Waals surface area contributed by atoms with Crippen LogP contribution in [0.5, 0.6) is 0 Å². The molecule has 0 amide bonds. The lowest BCUT2D eigenvalue weighted by molar-refractivity contribution is -0.0353. The molecule has 0 spiro atoms. The van der Waals surface area contributed by atoms with Gasteiger partial charge in [-0.1, -0.05) is 11.6 Å². The molecular formula is C16H19ClN4O. The first-order valence-corrected chi connectivity index (χ1v) is 7.66. The topological polar surface area (TPSA) is 64.3 Å². The molecule has 6 heteroatoms. The van der Waals surface area contributed by atoms with E-state index in [1.807, 2.05) is 31.2 Å². The standard InChI is InChI=1S/C16H19ClN4O/c1-11-6-13(18)7-15(20-11)16-10-21(4-5-22-16)9-14-3-2-12(17)8-19-14/h2-3,6-8,16H,4-5,9-10H2,1H3,(H2,18,20). The van der Waals surface area contributed by atoms with E-state index < -0.39 is 0 Å². The van der Waals surface area contributed by atoms with E-state index in [1.165, 1.54) is 0 Å². The van der Waals surface area contributed by atoms with Crippen molar-refractivity contribution >= 4 is 17.3 Å². The molecular weight excluding hydrogens is 300 g/mol. The normalized spacial score (nSPS) is 19.3. The predicted molar refractivity (Wildman–Crippen MR) is 86.6 cm³/mol. The zero-order valence-electron chi connectivity index (χ0n) is 12.5. The molecule has 3 rings (SSSR count). The van der Waals surface area contributed by atoms with Crippen LogP contribution in [0.1, 0.15) is 23.2 Å². The largest absolute Gasteiger partial charge is 0.399 e. The van der Waals surface area contributed by atoms with E-state index in [0.717, 1.165) is 42.4 Å². The smallest absolute Gasteiger partial charge is 0.112 e. The summed E-state index contributed by atoms with van der Waals surface area (Å²) in [6.45, 7) is 5.05. The van der Waals surface area contributed by atoms with Gasteiger partial charge in [0.15, 0.2) is 0 Å². The van der Waals surface area contributed by atoms with Crippen LogP contribution in [0.15, 0.2) is 30.5 Å². The van der Waals surface area contributed by atoms with Crippen molar-refractivity contribution in [3.05, 3.63) is 52.6 Å². The molecule has 0 bridgehead atoms. The third-order valence-electron chi connectivity index (χ3n) is 3.65. The predicted octanol–water partition coefficient (Wildman–Crippen LogP) is 2.59. The highest BCUT2D eigenvalue weighted by Gasteiger charge is 2.23. The molecule has 1 unspecified atom stereocenters. The summed E-state index contributed by atoms with van der Waals surface area (Å²) >= 11 is 5.87. The van der Waals surface area contributed by atoms with Crippen molar-refractivity contribution in [3.63, 3.8) is 0 Å². The second-order valence-corrected chi connectivity index (χ2v) is 5.97. The van der Waals surface area contributed by atoms with Gasteiger partial charge in [0.1, 0.15) is 6.10 Å². The highest BCUT2D eigenvalue weighted by Crippen LogP contribution is 2.23. The Balaban J connectivity index is 1.69. The number of nitrogens with two attached hydrogens (primary N) is 1. The minimum atomic E-state index is -0.0525. The van der Waals surface area contributed by atoms with Crippen molar-refractivity contribution < 1.29 is 4.74 Å². The number of hydrogen-bond donors (Lipinski definition) is 1. The van der Waals surface area contributed by atoms with Crippen LogP contribution in [-0.4, -0.2) is 34.6 Å². The number of halogens is 1. The molecule has 1 aliphatic heterocycles. The lowest BCUT2D eigenvalue weighted by Crippen LogP contribution is -2.38. The van der Waals surface area contributed by atoms with Crippen LogP contribution in [0.25, 0.3) is 0 Å². The van der Waals surface area contributed by atoms with Gasteiger partial charge in [-0.25, -0.2) is 0 Å². The Hall–Kier alpha value is -1.69. The number of rotatable bonds is 3. The number of hydrogen-bond acceptors (Lipinski definition) is 5. The minimum absolute atomic E-state index is 0.0525. The van der Waals surface area contributed by atoms with Gasteiger partial charge in [0.05, 0.1) is 23.0 Å². The number of nitrogens with zero attached hydrogens (tertiary/aromatic N) is 3. The molecule has 2 aromatic heterocycles. The van der Waals surface area contributed by atoms with E-state index in [-0.39, 0.29) is 6.10 Å². The molecule has 5 nitrogen and oxygen atoms in total. The molecule has 0 aromatic carbocycles. The van der Waals surface area contributed by atoms with Gasteiger partial charge in [0, 0.05) is 37.2 Å². The monoisotopic (exact) mass is 318 g/mol. The molecule has 1 atom stereocenters. The lowest BCUT2D eigenvalue weighted by atomic mass is 10.1. The van der Waals surface area contributed by atoms with Crippen LogP contribution in [0, 0.1) is 6.92 Å². The number of aromatic nitrogens is 2. The van der Waals surface area contributed by atoms with Gasteiger partial charge in [-0.2, -0.15) is 0 Å². The van der Waals surface area contributed by atoms with E-state index in [1.54, 1.807) is 6.20 Å². The van der Waals surface area contributed by atoms with Crippen LogP contribution >= 0.6 is 11.6 Å². The summed E-state index contributed by atoms with van der Waals surface area (Å²) in [5, 5.41) is 0.656. The number of ether oxygens (including phenoxy) is 1. The van der Waals surface area contributed by atoms with E-state index in [9.17, 15) is 0 Å². The van der Waals surface area contributed by atoms with Gasteiger partial charge >= 0.3 is 0 Å². The Bertz CT molecular complexity index is 627. The van der Waals surface area contributed by atoms with Crippen LogP contribution < -0.4 is 5.73 Å². The van der Waals surface area contributed by atoms with Crippen molar-refractivity contribution in [2.75, 3.05) is 25.4 Å². The summed E-state index contributed by atoms with van der Waals surface area (Å²) < 4.78 is 5.86. The maximum atomic E-state index is 5.91. The quantitative estimate of drug-likeness (QED) is 0.942. The highest BCUT2D eigenvalue weighted by atomic mass is 35.5. The fourth-order valence-corrected chi connectivity index (χ4v) is 2.75. The molecule has 0 saturated carbocycles. The van der Waals surface area contributed by atoms with Gasteiger partial charge in [0.25, 0.3) is 0 Å². The third kappa shape index (κ3) is 3.74. The van der Waals surface area contributed by atoms with Crippen molar-refractivity contribution in [1.29, 1.82) is 0 Å². The van der Waals surface area contributed by atoms with Crippen LogP contribution in [0.3, 0.4) is 0 Å². The van der Waals surface area contributed by atoms with Gasteiger partial charge in [-0.15, -0.1) is 0 Å². The van der Waals surface area contributed by atoms with Gasteiger partial charge < -0.3 is 10.5 Å². The summed E-state index contributed by atoms with van der Waals surface area (Å²) in [6.07, 6.45) is 1.63. The molecule has 1 aliphatic rings. The highest BCUT2D eigenvalue weighted by molar-refractivity contribution is 6.30. The fraction of sp³-hybridized carbons (Fsp3) is 0.375. The molecule has 0 aliphatic carbocycles. The Morgan fingerprint density at radius 3 is 3.00 bits per heavy atom. The summed E-state index contributed by atoms with van der Waals surface area (Å²) in [5.74, 6) is 0. The average molecular weight is 319 g/mol. The number of aryl methyl sites for hydroxylation is 1. The Morgan fingerprint density at radius 1 is 1.41 bits per heavy atom. The van der Waals surface area contributed by atoms with Gasteiger partial charge in [-0.05, 0) is 31.2 Å². The summed E-state index contributed by atoms with van der Waals surface area (Å²) in [6, 6.07) is 7.57. The Morgan fingerprint density at radius 2 is 2.27 bits per heavy atom. The first kappa shape index (κ1) is 15.2. The molecule has 1 saturated heterocycles. The lowest BCUT2D eigenvalue weighted by Gasteiger charge is -2.32. The molecule has 22 heavy (non-hydrogen) atoms. The Labute approximate surface area is 135 Å². The summed E-state index contributed by atoms with van der Waals surface area (Å²) in [4.78, 5) is 11.2. The zero-order valence-corrected chi connectivity index (χ0v) is 13.3. The number of nitrogen functional groups attached to an aromatic ring is 1. The van der Waals surface area contributed by atoms with Gasteiger partial charge in [0.2, 0.25) is 0 Å². The zero-order chi connectivity index (χ0) is 15.5. The molecule has 116 valence electrons. The van der Waals surface area contributed by atoms with Crippen LogP contribution in [0.4, 0.5) is 5.69 Å². The van der Waals surface area contributed by atoms with Crippen molar-refractivity contribution in [2.45, 2.75) is 19.6 Å². The van der Waals surface area contributed by atoms with E-state index in [2.05, 4.69) is 14.9 Å². The first-order chi connectivity index (χ1) is 10.6. The maximum Gasteiger partial charge on any atom is 0.112 e. The summed E-state index contributed by atoms with van der Waals surface area (Å²) in [5.41, 5.74) is 9.44.